The fourth-order valence-electron chi connectivity index (χ4n) is 1.73. The van der Waals surface area contributed by atoms with Crippen LogP contribution in [0, 0.1) is 5.41 Å². The average Bonchev–Trinajstić information content (AvgIpc) is 2.63. The first kappa shape index (κ1) is 16.4. The lowest BCUT2D eigenvalue weighted by molar-refractivity contribution is -0.126. The summed E-state index contributed by atoms with van der Waals surface area (Å²) < 4.78 is 2.98. The summed E-state index contributed by atoms with van der Waals surface area (Å²) in [6.45, 7) is 7.68. The Balaban J connectivity index is 2.67. The van der Waals surface area contributed by atoms with E-state index in [1.807, 2.05) is 45.7 Å². The third-order valence-electron chi connectivity index (χ3n) is 3.08. The molecule has 1 rings (SSSR count). The zero-order valence-corrected chi connectivity index (χ0v) is 14.1. The second kappa shape index (κ2) is 6.66. The van der Waals surface area contributed by atoms with Gasteiger partial charge in [0.2, 0.25) is 0 Å². The van der Waals surface area contributed by atoms with Gasteiger partial charge in [0.1, 0.15) is 5.78 Å². The third kappa shape index (κ3) is 5.07. The fraction of sp³-hybridized carbons (Fsp3) is 0.714. The van der Waals surface area contributed by atoms with Crippen LogP contribution in [0.3, 0.4) is 0 Å². The lowest BCUT2D eigenvalue weighted by Crippen LogP contribution is -2.22. The maximum Gasteiger partial charge on any atom is 0.138 e. The second-order valence-electron chi connectivity index (χ2n) is 6.14. The minimum absolute atomic E-state index is 0.263. The van der Waals surface area contributed by atoms with Gasteiger partial charge >= 0.3 is 0 Å². The highest BCUT2D eigenvalue weighted by atomic mass is 79.9. The number of halogens is 1. The van der Waals surface area contributed by atoms with Gasteiger partial charge in [0.25, 0.3) is 0 Å². The number of ketones is 1. The van der Waals surface area contributed by atoms with Gasteiger partial charge in [-0.1, -0.05) is 20.8 Å². The van der Waals surface area contributed by atoms with E-state index in [0.717, 1.165) is 29.7 Å². The molecule has 0 aliphatic rings. The van der Waals surface area contributed by atoms with Gasteiger partial charge in [-0.15, -0.1) is 0 Å². The molecule has 0 fully saturated rings. The van der Waals surface area contributed by atoms with Gasteiger partial charge in [-0.05, 0) is 36.4 Å². The normalized spacial score (nSPS) is 12.2. The molecule has 0 bridgehead atoms. The van der Waals surface area contributed by atoms with Crippen molar-refractivity contribution in [2.24, 2.45) is 5.41 Å². The number of rotatable bonds is 6. The van der Waals surface area contributed by atoms with Crippen molar-refractivity contribution in [2.45, 2.75) is 40.2 Å². The molecular formula is C14H24BrN3O. The molecule has 0 radical (unpaired) electrons. The molecule has 5 heteroatoms. The first-order valence-electron chi connectivity index (χ1n) is 6.60. The number of aromatic nitrogens is 2. The SMILES string of the molecule is CN(C)CCn1ncc(Br)c1CCC(=O)C(C)(C)C. The Kier molecular flexibility index (Phi) is 5.74. The third-order valence-corrected chi connectivity index (χ3v) is 3.74. The summed E-state index contributed by atoms with van der Waals surface area (Å²) >= 11 is 3.52. The van der Waals surface area contributed by atoms with Gasteiger partial charge in [-0.25, -0.2) is 0 Å². The van der Waals surface area contributed by atoms with Gasteiger partial charge in [-0.2, -0.15) is 5.10 Å². The first-order valence-corrected chi connectivity index (χ1v) is 7.39. The maximum absolute atomic E-state index is 12.0. The van der Waals surface area contributed by atoms with Gasteiger partial charge in [0.15, 0.2) is 0 Å². The number of carbonyl (C=O) groups is 1. The summed E-state index contributed by atoms with van der Waals surface area (Å²) in [5.41, 5.74) is 0.848. The van der Waals surface area contributed by atoms with Crippen molar-refractivity contribution in [3.05, 3.63) is 16.4 Å². The molecule has 0 aliphatic carbocycles. The van der Waals surface area contributed by atoms with Gasteiger partial charge < -0.3 is 4.90 Å². The highest BCUT2D eigenvalue weighted by molar-refractivity contribution is 9.10. The molecule has 0 aromatic carbocycles. The highest BCUT2D eigenvalue weighted by Gasteiger charge is 2.21. The molecule has 0 atom stereocenters. The number of likely N-dealkylation sites (N-methyl/N-ethyl adjacent to an activating group) is 1. The Labute approximate surface area is 124 Å². The summed E-state index contributed by atoms with van der Waals surface area (Å²) in [4.78, 5) is 14.1. The molecule has 0 spiro atoms. The van der Waals surface area contributed by atoms with Crippen LogP contribution in [0.5, 0.6) is 0 Å². The van der Waals surface area contributed by atoms with E-state index in [0.29, 0.717) is 12.2 Å². The first-order chi connectivity index (χ1) is 8.71. The van der Waals surface area contributed by atoms with Crippen LogP contribution in [0.1, 0.15) is 32.9 Å². The van der Waals surface area contributed by atoms with E-state index in [-0.39, 0.29) is 5.41 Å². The van der Waals surface area contributed by atoms with E-state index >= 15 is 0 Å². The molecule has 0 saturated carbocycles. The molecule has 0 aliphatic heterocycles. The molecular weight excluding hydrogens is 306 g/mol. The minimum Gasteiger partial charge on any atom is -0.308 e. The Morgan fingerprint density at radius 3 is 2.58 bits per heavy atom. The van der Waals surface area contributed by atoms with Gasteiger partial charge in [-0.3, -0.25) is 9.48 Å². The van der Waals surface area contributed by atoms with E-state index in [1.54, 1.807) is 0 Å². The van der Waals surface area contributed by atoms with Crippen LogP contribution in [0.15, 0.2) is 10.7 Å². The predicted octanol–water partition coefficient (Wildman–Crippen LogP) is 2.76. The number of Topliss-reactive ketones (excluding diaryl/α,β-unsaturated/α-hetero) is 1. The predicted molar refractivity (Wildman–Crippen MR) is 81.3 cm³/mol. The van der Waals surface area contributed by atoms with E-state index in [1.165, 1.54) is 0 Å². The summed E-state index contributed by atoms with van der Waals surface area (Å²) in [5.74, 6) is 0.291. The maximum atomic E-state index is 12.0. The lowest BCUT2D eigenvalue weighted by atomic mass is 9.88. The Bertz CT molecular complexity index is 432. The van der Waals surface area contributed by atoms with Crippen molar-refractivity contribution >= 4 is 21.7 Å². The highest BCUT2D eigenvalue weighted by Crippen LogP contribution is 2.22. The zero-order valence-electron chi connectivity index (χ0n) is 12.5. The Morgan fingerprint density at radius 1 is 1.42 bits per heavy atom. The molecule has 0 N–H and O–H groups in total. The van der Waals surface area contributed by atoms with Crippen LogP contribution in [0.25, 0.3) is 0 Å². The van der Waals surface area contributed by atoms with Gasteiger partial charge in [0, 0.05) is 18.4 Å². The van der Waals surface area contributed by atoms with E-state index in [2.05, 4.69) is 25.9 Å². The molecule has 1 aromatic heterocycles. The summed E-state index contributed by atoms with van der Waals surface area (Å²) in [5, 5.41) is 4.36. The van der Waals surface area contributed by atoms with Crippen LogP contribution in [-0.4, -0.2) is 41.1 Å². The Hall–Kier alpha value is -0.680. The topological polar surface area (TPSA) is 38.1 Å². The largest absolute Gasteiger partial charge is 0.308 e. The molecule has 0 saturated heterocycles. The van der Waals surface area contributed by atoms with Crippen molar-refractivity contribution in [2.75, 3.05) is 20.6 Å². The van der Waals surface area contributed by atoms with Crippen molar-refractivity contribution in [3.63, 3.8) is 0 Å². The van der Waals surface area contributed by atoms with Crippen molar-refractivity contribution in [1.82, 2.24) is 14.7 Å². The van der Waals surface area contributed by atoms with Crippen LogP contribution in [-0.2, 0) is 17.8 Å². The van der Waals surface area contributed by atoms with Crippen molar-refractivity contribution in [1.29, 1.82) is 0 Å². The fourth-order valence-corrected chi connectivity index (χ4v) is 2.23. The number of hydrogen-bond donors (Lipinski definition) is 0. The van der Waals surface area contributed by atoms with Crippen LogP contribution >= 0.6 is 15.9 Å². The van der Waals surface area contributed by atoms with Crippen LogP contribution in [0.2, 0.25) is 0 Å². The van der Waals surface area contributed by atoms with Gasteiger partial charge in [0.05, 0.1) is 22.9 Å². The quantitative estimate of drug-likeness (QED) is 0.805. The molecule has 1 heterocycles. The monoisotopic (exact) mass is 329 g/mol. The van der Waals surface area contributed by atoms with Crippen LogP contribution < -0.4 is 0 Å². The van der Waals surface area contributed by atoms with E-state index in [4.69, 9.17) is 0 Å². The molecule has 108 valence electrons. The summed E-state index contributed by atoms with van der Waals surface area (Å²) in [7, 11) is 4.09. The summed E-state index contributed by atoms with van der Waals surface area (Å²) in [6, 6.07) is 0. The standard InChI is InChI=1S/C14H24BrN3O/c1-14(2,3)13(19)7-6-12-11(15)10-16-18(12)9-8-17(4)5/h10H,6-9H2,1-5H3. The number of hydrogen-bond acceptors (Lipinski definition) is 3. The van der Waals surface area contributed by atoms with E-state index < -0.39 is 0 Å². The number of nitrogens with zero attached hydrogens (tertiary/aromatic N) is 3. The van der Waals surface area contributed by atoms with E-state index in [9.17, 15) is 4.79 Å². The Morgan fingerprint density at radius 2 is 2.05 bits per heavy atom. The molecule has 19 heavy (non-hydrogen) atoms. The minimum atomic E-state index is -0.263. The summed E-state index contributed by atoms with van der Waals surface area (Å²) in [6.07, 6.45) is 3.12. The molecule has 1 aromatic rings. The molecule has 0 unspecified atom stereocenters. The van der Waals surface area contributed by atoms with Crippen molar-refractivity contribution < 1.29 is 4.79 Å². The second-order valence-corrected chi connectivity index (χ2v) is 6.99. The molecule has 0 amide bonds. The zero-order chi connectivity index (χ0) is 14.6. The van der Waals surface area contributed by atoms with Crippen LogP contribution in [0.4, 0.5) is 0 Å². The molecule has 4 nitrogen and oxygen atoms in total. The van der Waals surface area contributed by atoms with Crippen molar-refractivity contribution in [3.8, 4) is 0 Å². The lowest BCUT2D eigenvalue weighted by Gasteiger charge is -2.17. The average molecular weight is 330 g/mol. The number of carbonyl (C=O) groups excluding carboxylic acids is 1. The smallest absolute Gasteiger partial charge is 0.138 e.